The smallest absolute Gasteiger partial charge is 0.166 e. The van der Waals surface area contributed by atoms with E-state index in [9.17, 15) is 4.79 Å². The van der Waals surface area contributed by atoms with Gasteiger partial charge in [-0.1, -0.05) is 12.1 Å². The summed E-state index contributed by atoms with van der Waals surface area (Å²) in [5.41, 5.74) is 0.819. The molecule has 2 aliphatic heterocycles. The summed E-state index contributed by atoms with van der Waals surface area (Å²) in [6, 6.07) is 8.53. The van der Waals surface area contributed by atoms with Crippen LogP contribution in [0.2, 0.25) is 0 Å². The minimum absolute atomic E-state index is 0.115. The summed E-state index contributed by atoms with van der Waals surface area (Å²) in [6.45, 7) is 1.45. The van der Waals surface area contributed by atoms with Gasteiger partial charge in [-0.15, -0.1) is 0 Å². The molecule has 0 saturated carbocycles. The predicted molar refractivity (Wildman–Crippen MR) is 80.3 cm³/mol. The van der Waals surface area contributed by atoms with Crippen molar-refractivity contribution in [2.45, 2.75) is 24.9 Å². The van der Waals surface area contributed by atoms with Crippen molar-refractivity contribution in [2.24, 2.45) is 5.92 Å². The van der Waals surface area contributed by atoms with Crippen LogP contribution >= 0.6 is 0 Å². The molecule has 2 aliphatic rings. The standard InChI is InChI=1S/C17H18N2O2/c20-17(14-6-15-9-21-10-16(7-14)19-15)12-1-2-13-8-18-4-3-11(13)5-12/h1-5,8,14-16,19H,6-7,9-10H2. The topological polar surface area (TPSA) is 51.2 Å². The van der Waals surface area contributed by atoms with Crippen molar-refractivity contribution < 1.29 is 9.53 Å². The third kappa shape index (κ3) is 2.45. The number of nitrogens with zero attached hydrogens (tertiary/aromatic N) is 1. The summed E-state index contributed by atoms with van der Waals surface area (Å²) in [4.78, 5) is 16.9. The first-order chi connectivity index (χ1) is 10.3. The molecule has 4 rings (SSSR count). The summed E-state index contributed by atoms with van der Waals surface area (Å²) in [6.07, 6.45) is 5.35. The Hall–Kier alpha value is -1.78. The maximum absolute atomic E-state index is 12.8. The van der Waals surface area contributed by atoms with Crippen LogP contribution in [0, 0.1) is 5.92 Å². The van der Waals surface area contributed by atoms with Crippen molar-refractivity contribution in [1.82, 2.24) is 10.3 Å². The van der Waals surface area contributed by atoms with Crippen molar-refractivity contribution in [3.63, 3.8) is 0 Å². The van der Waals surface area contributed by atoms with Gasteiger partial charge in [-0.25, -0.2) is 0 Å². The third-order valence-corrected chi connectivity index (χ3v) is 4.54. The van der Waals surface area contributed by atoms with E-state index in [1.807, 2.05) is 30.5 Å². The monoisotopic (exact) mass is 282 g/mol. The Morgan fingerprint density at radius 3 is 2.76 bits per heavy atom. The second-order valence-electron chi connectivity index (χ2n) is 6.07. The maximum Gasteiger partial charge on any atom is 0.166 e. The number of aromatic nitrogens is 1. The maximum atomic E-state index is 12.8. The van der Waals surface area contributed by atoms with Crippen LogP contribution in [0.4, 0.5) is 0 Å². The van der Waals surface area contributed by atoms with E-state index in [1.165, 1.54) is 0 Å². The Morgan fingerprint density at radius 1 is 1.14 bits per heavy atom. The molecule has 0 amide bonds. The molecule has 0 radical (unpaired) electrons. The van der Waals surface area contributed by atoms with Crippen molar-refractivity contribution >= 4 is 16.6 Å². The van der Waals surface area contributed by atoms with Crippen molar-refractivity contribution in [1.29, 1.82) is 0 Å². The first kappa shape index (κ1) is 12.9. The summed E-state index contributed by atoms with van der Waals surface area (Å²) >= 11 is 0. The minimum Gasteiger partial charge on any atom is -0.378 e. The van der Waals surface area contributed by atoms with E-state index in [0.717, 1.165) is 42.4 Å². The second kappa shape index (κ2) is 5.20. The number of carbonyl (C=O) groups excluding carboxylic acids is 1. The molecule has 2 saturated heterocycles. The number of fused-ring (bicyclic) bond motifs is 3. The molecule has 2 aromatic rings. The Morgan fingerprint density at radius 2 is 1.95 bits per heavy atom. The van der Waals surface area contributed by atoms with Gasteiger partial charge in [-0.05, 0) is 30.4 Å². The number of morpholine rings is 1. The highest BCUT2D eigenvalue weighted by molar-refractivity contribution is 6.01. The van der Waals surface area contributed by atoms with E-state index in [1.54, 1.807) is 6.20 Å². The van der Waals surface area contributed by atoms with Crippen LogP contribution in [-0.2, 0) is 4.74 Å². The zero-order valence-electron chi connectivity index (χ0n) is 11.8. The van der Waals surface area contributed by atoms with Gasteiger partial charge in [0.25, 0.3) is 0 Å². The van der Waals surface area contributed by atoms with Crippen LogP contribution in [0.25, 0.3) is 10.8 Å². The number of ketones is 1. The number of pyridine rings is 1. The van der Waals surface area contributed by atoms with Crippen LogP contribution in [0.1, 0.15) is 23.2 Å². The summed E-state index contributed by atoms with van der Waals surface area (Å²) in [7, 11) is 0. The highest BCUT2D eigenvalue weighted by Gasteiger charge is 2.35. The Balaban J connectivity index is 1.60. The fourth-order valence-electron chi connectivity index (χ4n) is 3.52. The van der Waals surface area contributed by atoms with Gasteiger partial charge in [0, 0.05) is 41.3 Å². The number of hydrogen-bond acceptors (Lipinski definition) is 4. The van der Waals surface area contributed by atoms with Crippen molar-refractivity contribution in [3.05, 3.63) is 42.2 Å². The lowest BCUT2D eigenvalue weighted by Crippen LogP contribution is -2.55. The van der Waals surface area contributed by atoms with E-state index in [2.05, 4.69) is 10.3 Å². The normalized spacial score (nSPS) is 28.5. The fraction of sp³-hybridized carbons (Fsp3) is 0.412. The molecule has 1 N–H and O–H groups in total. The van der Waals surface area contributed by atoms with E-state index in [-0.39, 0.29) is 11.7 Å². The van der Waals surface area contributed by atoms with E-state index in [0.29, 0.717) is 12.1 Å². The van der Waals surface area contributed by atoms with Crippen LogP contribution in [0.5, 0.6) is 0 Å². The van der Waals surface area contributed by atoms with Crippen molar-refractivity contribution in [2.75, 3.05) is 13.2 Å². The molecule has 1 aromatic carbocycles. The number of benzene rings is 1. The first-order valence-electron chi connectivity index (χ1n) is 7.51. The molecule has 0 spiro atoms. The number of rotatable bonds is 2. The lowest BCUT2D eigenvalue weighted by Gasteiger charge is -2.39. The third-order valence-electron chi connectivity index (χ3n) is 4.54. The molecule has 3 heterocycles. The van der Waals surface area contributed by atoms with Gasteiger partial charge in [-0.2, -0.15) is 0 Å². The molecule has 108 valence electrons. The summed E-state index contributed by atoms with van der Waals surface area (Å²) in [5.74, 6) is 0.386. The van der Waals surface area contributed by atoms with Gasteiger partial charge in [0.15, 0.2) is 5.78 Å². The number of nitrogens with one attached hydrogen (secondary N) is 1. The minimum atomic E-state index is 0.115. The van der Waals surface area contributed by atoms with Gasteiger partial charge in [0.05, 0.1) is 13.2 Å². The lowest BCUT2D eigenvalue weighted by atomic mass is 9.82. The average molecular weight is 282 g/mol. The number of carbonyl (C=O) groups is 1. The lowest BCUT2D eigenvalue weighted by molar-refractivity contribution is 0.00953. The average Bonchev–Trinajstić information content (AvgIpc) is 2.53. The van der Waals surface area contributed by atoms with Crippen LogP contribution < -0.4 is 5.32 Å². The van der Waals surface area contributed by atoms with Crippen molar-refractivity contribution in [3.8, 4) is 0 Å². The second-order valence-corrected chi connectivity index (χ2v) is 6.07. The highest BCUT2D eigenvalue weighted by Crippen LogP contribution is 2.28. The highest BCUT2D eigenvalue weighted by atomic mass is 16.5. The Bertz CT molecular complexity index is 673. The summed E-state index contributed by atoms with van der Waals surface area (Å²) in [5, 5.41) is 5.68. The molecule has 4 nitrogen and oxygen atoms in total. The summed E-state index contributed by atoms with van der Waals surface area (Å²) < 4.78 is 5.55. The number of Topliss-reactive ketones (excluding diaryl/α,β-unsaturated/α-hetero) is 1. The molecule has 2 bridgehead atoms. The van der Waals surface area contributed by atoms with Crippen LogP contribution in [0.15, 0.2) is 36.7 Å². The Kier molecular flexibility index (Phi) is 3.20. The largest absolute Gasteiger partial charge is 0.378 e. The zero-order chi connectivity index (χ0) is 14.2. The van der Waals surface area contributed by atoms with Gasteiger partial charge in [0.1, 0.15) is 0 Å². The van der Waals surface area contributed by atoms with Gasteiger partial charge in [0.2, 0.25) is 0 Å². The molecule has 2 atom stereocenters. The van der Waals surface area contributed by atoms with E-state index in [4.69, 9.17) is 4.74 Å². The number of ether oxygens (including phenoxy) is 1. The molecule has 1 aromatic heterocycles. The Labute approximate surface area is 123 Å². The SMILES string of the molecule is O=C(c1ccc2cnccc2c1)C1CC2COCC(C1)N2. The van der Waals surface area contributed by atoms with Gasteiger partial charge in [-0.3, -0.25) is 9.78 Å². The van der Waals surface area contributed by atoms with E-state index >= 15 is 0 Å². The molecule has 2 fully saturated rings. The molecular weight excluding hydrogens is 264 g/mol. The quantitative estimate of drug-likeness (QED) is 0.858. The molecule has 2 unspecified atom stereocenters. The van der Waals surface area contributed by atoms with Gasteiger partial charge < -0.3 is 10.1 Å². The zero-order valence-corrected chi connectivity index (χ0v) is 11.8. The number of hydrogen-bond donors (Lipinski definition) is 1. The van der Waals surface area contributed by atoms with E-state index < -0.39 is 0 Å². The van der Waals surface area contributed by atoms with Crippen LogP contribution in [0.3, 0.4) is 0 Å². The fourth-order valence-corrected chi connectivity index (χ4v) is 3.52. The molecule has 0 aliphatic carbocycles. The predicted octanol–water partition coefficient (Wildman–Crippen LogP) is 2.18. The van der Waals surface area contributed by atoms with Gasteiger partial charge >= 0.3 is 0 Å². The van der Waals surface area contributed by atoms with Crippen LogP contribution in [-0.4, -0.2) is 36.1 Å². The number of piperidine rings is 1. The molecule has 4 heteroatoms. The first-order valence-corrected chi connectivity index (χ1v) is 7.51. The molecule has 21 heavy (non-hydrogen) atoms. The molecular formula is C17H18N2O2.